The van der Waals surface area contributed by atoms with Gasteiger partial charge in [0.2, 0.25) is 5.79 Å². The molecule has 0 N–H and O–H groups in total. The molecule has 1 aliphatic rings. The Morgan fingerprint density at radius 2 is 2.10 bits per heavy atom. The summed E-state index contributed by atoms with van der Waals surface area (Å²) in [5.41, 5.74) is 0. The Hall–Kier alpha value is -0.670. The van der Waals surface area contributed by atoms with Crippen LogP contribution in [0.2, 0.25) is 0 Å². The minimum Gasteiger partial charge on any atom is -0.344 e. The zero-order chi connectivity index (χ0) is 7.61. The van der Waals surface area contributed by atoms with Crippen LogP contribution in [0.1, 0.15) is 6.42 Å². The first-order valence-electron chi connectivity index (χ1n) is 3.06. The Kier molecular flexibility index (Phi) is 1.87. The summed E-state index contributed by atoms with van der Waals surface area (Å²) in [6.07, 6.45) is 3.78. The van der Waals surface area contributed by atoms with Crippen LogP contribution in [0.4, 0.5) is 0 Å². The Balaban J connectivity index is 2.81. The number of hydrogen-bond donors (Lipinski definition) is 0. The fraction of sp³-hybridized carbons (Fsp3) is 0.571. The van der Waals surface area contributed by atoms with E-state index in [0.29, 0.717) is 6.42 Å². The lowest BCUT2D eigenvalue weighted by molar-refractivity contribution is -0.182. The summed E-state index contributed by atoms with van der Waals surface area (Å²) < 4.78 is 9.80. The maximum atomic E-state index is 11.0. The smallest absolute Gasteiger partial charge is 0.249 e. The van der Waals surface area contributed by atoms with Crippen molar-refractivity contribution in [2.45, 2.75) is 12.2 Å². The average molecular weight is 142 g/mol. The van der Waals surface area contributed by atoms with E-state index in [2.05, 4.69) is 0 Å². The van der Waals surface area contributed by atoms with Crippen LogP contribution in [-0.2, 0) is 14.3 Å². The highest BCUT2D eigenvalue weighted by Gasteiger charge is 2.38. The van der Waals surface area contributed by atoms with Gasteiger partial charge in [-0.3, -0.25) is 4.79 Å². The molecule has 3 heteroatoms. The number of carbonyl (C=O) groups is 1. The second-order valence-corrected chi connectivity index (χ2v) is 2.11. The van der Waals surface area contributed by atoms with Gasteiger partial charge in [0.05, 0.1) is 0 Å². The summed E-state index contributed by atoms with van der Waals surface area (Å²) in [4.78, 5) is 11.0. The van der Waals surface area contributed by atoms with Crippen molar-refractivity contribution in [3.8, 4) is 0 Å². The Morgan fingerprint density at radius 1 is 1.50 bits per heavy atom. The van der Waals surface area contributed by atoms with Crippen molar-refractivity contribution in [1.82, 2.24) is 0 Å². The number of allylic oxidation sites excluding steroid dienone is 1. The number of hydrogen-bond acceptors (Lipinski definition) is 3. The Labute approximate surface area is 59.6 Å². The molecule has 0 aromatic rings. The van der Waals surface area contributed by atoms with Crippen LogP contribution in [0.25, 0.3) is 0 Å². The molecule has 0 aromatic carbocycles. The predicted octanol–water partition coefficient (Wildman–Crippen LogP) is 0.504. The third kappa shape index (κ3) is 0.874. The van der Waals surface area contributed by atoms with E-state index in [9.17, 15) is 4.79 Å². The summed E-state index contributed by atoms with van der Waals surface area (Å²) in [6.45, 7) is 0. The standard InChI is InChI=1S/C7H10O3/c1-9-7(10-2)5-3-4-6(7)8/h3,5H,4H2,1-2H3. The molecule has 0 aliphatic heterocycles. The second kappa shape index (κ2) is 2.52. The molecule has 0 spiro atoms. The molecule has 10 heavy (non-hydrogen) atoms. The van der Waals surface area contributed by atoms with E-state index in [1.165, 1.54) is 14.2 Å². The molecule has 1 rings (SSSR count). The molecule has 1 aliphatic carbocycles. The zero-order valence-corrected chi connectivity index (χ0v) is 6.09. The highest BCUT2D eigenvalue weighted by molar-refractivity contribution is 5.91. The van der Waals surface area contributed by atoms with Gasteiger partial charge in [0.15, 0.2) is 5.78 Å². The summed E-state index contributed by atoms with van der Waals surface area (Å²) in [5.74, 6) is -1.13. The van der Waals surface area contributed by atoms with Gasteiger partial charge in [-0.1, -0.05) is 6.08 Å². The van der Waals surface area contributed by atoms with Crippen LogP contribution >= 0.6 is 0 Å². The fourth-order valence-corrected chi connectivity index (χ4v) is 1.00. The van der Waals surface area contributed by atoms with Crippen molar-refractivity contribution in [1.29, 1.82) is 0 Å². The van der Waals surface area contributed by atoms with Crippen LogP contribution in [0, 0.1) is 0 Å². The monoisotopic (exact) mass is 142 g/mol. The molecular formula is C7H10O3. The van der Waals surface area contributed by atoms with Crippen molar-refractivity contribution >= 4 is 5.78 Å². The molecule has 0 heterocycles. The number of Topliss-reactive ketones (excluding diaryl/α,β-unsaturated/α-hetero) is 1. The molecule has 0 atom stereocenters. The van der Waals surface area contributed by atoms with Crippen molar-refractivity contribution in [2.75, 3.05) is 14.2 Å². The first-order chi connectivity index (χ1) is 4.75. The molecular weight excluding hydrogens is 132 g/mol. The number of ketones is 1. The molecule has 0 unspecified atom stereocenters. The summed E-state index contributed by atoms with van der Waals surface area (Å²) in [6, 6.07) is 0. The predicted molar refractivity (Wildman–Crippen MR) is 35.5 cm³/mol. The van der Waals surface area contributed by atoms with E-state index in [-0.39, 0.29) is 5.78 Å². The van der Waals surface area contributed by atoms with Crippen molar-refractivity contribution in [3.63, 3.8) is 0 Å². The highest BCUT2D eigenvalue weighted by atomic mass is 16.7. The van der Waals surface area contributed by atoms with Gasteiger partial charge in [0.1, 0.15) is 0 Å². The van der Waals surface area contributed by atoms with Crippen molar-refractivity contribution in [2.24, 2.45) is 0 Å². The second-order valence-electron chi connectivity index (χ2n) is 2.11. The topological polar surface area (TPSA) is 35.5 Å². The molecule has 0 amide bonds. The maximum Gasteiger partial charge on any atom is 0.249 e. The number of carbonyl (C=O) groups excluding carboxylic acids is 1. The third-order valence-electron chi connectivity index (χ3n) is 1.64. The normalized spacial score (nSPS) is 22.0. The van der Waals surface area contributed by atoms with Crippen LogP contribution < -0.4 is 0 Å². The summed E-state index contributed by atoms with van der Waals surface area (Å²) >= 11 is 0. The number of ether oxygens (including phenoxy) is 2. The molecule has 0 saturated carbocycles. The van der Waals surface area contributed by atoms with E-state index in [1.54, 1.807) is 12.2 Å². The van der Waals surface area contributed by atoms with Crippen molar-refractivity contribution < 1.29 is 14.3 Å². The first kappa shape index (κ1) is 7.44. The molecule has 0 fully saturated rings. The van der Waals surface area contributed by atoms with E-state index < -0.39 is 5.79 Å². The van der Waals surface area contributed by atoms with E-state index in [4.69, 9.17) is 9.47 Å². The lowest BCUT2D eigenvalue weighted by Crippen LogP contribution is -2.37. The zero-order valence-electron chi connectivity index (χ0n) is 6.09. The van der Waals surface area contributed by atoms with E-state index in [1.807, 2.05) is 0 Å². The molecule has 0 saturated heterocycles. The number of rotatable bonds is 2. The Morgan fingerprint density at radius 3 is 2.30 bits per heavy atom. The van der Waals surface area contributed by atoms with Gasteiger partial charge < -0.3 is 9.47 Å². The van der Waals surface area contributed by atoms with Gasteiger partial charge in [-0.25, -0.2) is 0 Å². The van der Waals surface area contributed by atoms with Gasteiger partial charge in [-0.2, -0.15) is 0 Å². The fourth-order valence-electron chi connectivity index (χ4n) is 1.00. The maximum absolute atomic E-state index is 11.0. The van der Waals surface area contributed by atoms with Crippen molar-refractivity contribution in [3.05, 3.63) is 12.2 Å². The largest absolute Gasteiger partial charge is 0.344 e. The molecule has 0 bridgehead atoms. The van der Waals surface area contributed by atoms with Gasteiger partial charge in [0.25, 0.3) is 0 Å². The third-order valence-corrected chi connectivity index (χ3v) is 1.64. The lowest BCUT2D eigenvalue weighted by Gasteiger charge is -2.21. The van der Waals surface area contributed by atoms with Crippen LogP contribution in [-0.4, -0.2) is 25.8 Å². The quantitative estimate of drug-likeness (QED) is 0.416. The average Bonchev–Trinajstić information content (AvgIpc) is 2.32. The summed E-state index contributed by atoms with van der Waals surface area (Å²) in [7, 11) is 2.91. The Bertz CT molecular complexity index is 168. The SMILES string of the molecule is COC1(OC)C=CCC1=O. The molecule has 56 valence electrons. The first-order valence-corrected chi connectivity index (χ1v) is 3.06. The minimum atomic E-state index is -1.08. The molecule has 0 radical (unpaired) electrons. The van der Waals surface area contributed by atoms with Crippen LogP contribution in [0.3, 0.4) is 0 Å². The van der Waals surface area contributed by atoms with Gasteiger partial charge in [0, 0.05) is 20.6 Å². The van der Waals surface area contributed by atoms with Gasteiger partial charge >= 0.3 is 0 Å². The molecule has 0 aromatic heterocycles. The summed E-state index contributed by atoms with van der Waals surface area (Å²) in [5, 5.41) is 0. The van der Waals surface area contributed by atoms with Gasteiger partial charge in [-0.15, -0.1) is 0 Å². The van der Waals surface area contributed by atoms with Gasteiger partial charge in [-0.05, 0) is 6.08 Å². The van der Waals surface area contributed by atoms with E-state index >= 15 is 0 Å². The minimum absolute atomic E-state index is 0.0440. The van der Waals surface area contributed by atoms with Crippen LogP contribution in [0.15, 0.2) is 12.2 Å². The van der Waals surface area contributed by atoms with E-state index in [0.717, 1.165) is 0 Å². The lowest BCUT2D eigenvalue weighted by atomic mass is 10.2. The van der Waals surface area contributed by atoms with Crippen LogP contribution in [0.5, 0.6) is 0 Å². The molecule has 3 nitrogen and oxygen atoms in total. The number of methoxy groups -OCH3 is 2. The highest BCUT2D eigenvalue weighted by Crippen LogP contribution is 2.22.